The van der Waals surface area contributed by atoms with Gasteiger partial charge in [-0.05, 0) is 49.9 Å². The van der Waals surface area contributed by atoms with Crippen molar-refractivity contribution in [3.05, 3.63) is 89.9 Å². The number of primary amides is 1. The Kier molecular flexibility index (Phi) is 9.40. The third-order valence-electron chi connectivity index (χ3n) is 6.57. The average molecular weight is 582 g/mol. The molecule has 0 saturated carbocycles. The summed E-state index contributed by atoms with van der Waals surface area (Å²) >= 11 is 0. The number of urea groups is 1. The minimum atomic E-state index is -4.55. The van der Waals surface area contributed by atoms with Crippen molar-refractivity contribution in [3.8, 4) is 17.2 Å². The third kappa shape index (κ3) is 7.62. The molecular weight excluding hydrogens is 551 g/mol. The molecule has 2 amide bonds. The van der Waals surface area contributed by atoms with Crippen LogP contribution in [0.3, 0.4) is 0 Å². The van der Waals surface area contributed by atoms with E-state index in [-0.39, 0.29) is 40.9 Å². The molecule has 5 rings (SSSR count). The summed E-state index contributed by atoms with van der Waals surface area (Å²) in [6.07, 6.45) is 1.60. The lowest BCUT2D eigenvalue weighted by molar-refractivity contribution is -0.137. The molecule has 1 unspecified atom stereocenters. The highest BCUT2D eigenvalue weighted by molar-refractivity contribution is 5.86. The molecule has 220 valence electrons. The summed E-state index contributed by atoms with van der Waals surface area (Å²) in [5, 5.41) is 12.6. The summed E-state index contributed by atoms with van der Waals surface area (Å²) in [7, 11) is 0. The van der Waals surface area contributed by atoms with Crippen LogP contribution >= 0.6 is 0 Å². The fraction of sp³-hybridized carbons (Fsp3) is 0.276. The van der Waals surface area contributed by atoms with Gasteiger partial charge in [0.25, 0.3) is 0 Å². The minimum Gasteiger partial charge on any atom is -0.476 e. The number of imidazole rings is 1. The van der Waals surface area contributed by atoms with Gasteiger partial charge in [-0.25, -0.2) is 19.6 Å². The molecule has 1 aliphatic rings. The molecule has 0 spiro atoms. The number of anilines is 1. The number of nitrogens with two attached hydrogens (primary N) is 1. The highest BCUT2D eigenvalue weighted by Gasteiger charge is 2.31. The second-order valence-electron chi connectivity index (χ2n) is 9.60. The Labute approximate surface area is 240 Å². The van der Waals surface area contributed by atoms with Crippen molar-refractivity contribution in [2.45, 2.75) is 38.4 Å². The molecule has 0 bridgehead atoms. The molecular formula is C29H30F3N7O3. The molecule has 10 nitrogen and oxygen atoms in total. The molecule has 1 atom stereocenters. The number of carbonyl (C=O) groups excluding carboxylic acids is 1. The molecule has 13 heteroatoms. The van der Waals surface area contributed by atoms with Crippen molar-refractivity contribution in [1.82, 2.24) is 24.4 Å². The van der Waals surface area contributed by atoms with Crippen molar-refractivity contribution < 1.29 is 27.9 Å². The average Bonchev–Trinajstić information content (AvgIpc) is 3.44. The van der Waals surface area contributed by atoms with Crippen LogP contribution in [0.25, 0.3) is 17.2 Å². The van der Waals surface area contributed by atoms with Crippen LogP contribution in [-0.2, 0) is 6.18 Å². The quantitative estimate of drug-likeness (QED) is 0.263. The number of nitrogens with zero attached hydrogens (tertiary/aromatic N) is 5. The Morgan fingerprint density at radius 2 is 1.71 bits per heavy atom. The predicted molar refractivity (Wildman–Crippen MR) is 150 cm³/mol. The zero-order valence-corrected chi connectivity index (χ0v) is 22.8. The number of carboxylic acid groups (broad SMARTS) is 1. The number of halogens is 3. The van der Waals surface area contributed by atoms with Gasteiger partial charge in [0, 0.05) is 31.0 Å². The maximum Gasteiger partial charge on any atom is 0.416 e. The summed E-state index contributed by atoms with van der Waals surface area (Å²) < 4.78 is 40.9. The molecule has 1 saturated heterocycles. The number of alkyl halides is 3. The van der Waals surface area contributed by atoms with E-state index in [9.17, 15) is 27.9 Å². The minimum absolute atomic E-state index is 0.0132. The topological polar surface area (TPSA) is 139 Å². The fourth-order valence-corrected chi connectivity index (χ4v) is 4.38. The van der Waals surface area contributed by atoms with Crippen LogP contribution in [0.2, 0.25) is 0 Å². The molecule has 4 N–H and O–H groups in total. The predicted octanol–water partition coefficient (Wildman–Crippen LogP) is 5.77. The number of amides is 2. The Balaban J connectivity index is 0.000000385. The lowest BCUT2D eigenvalue weighted by Gasteiger charge is -2.24. The van der Waals surface area contributed by atoms with Gasteiger partial charge in [-0.3, -0.25) is 4.57 Å². The second-order valence-corrected chi connectivity index (χ2v) is 9.60. The monoisotopic (exact) mass is 581 g/mol. The molecule has 4 aromatic rings. The summed E-state index contributed by atoms with van der Waals surface area (Å²) in [5.41, 5.74) is 4.97. The largest absolute Gasteiger partial charge is 0.476 e. The van der Waals surface area contributed by atoms with Crippen molar-refractivity contribution >= 4 is 17.9 Å². The first-order chi connectivity index (χ1) is 20.0. The van der Waals surface area contributed by atoms with Gasteiger partial charge in [0.15, 0.2) is 5.69 Å². The number of hydrogen-bond donors (Lipinski definition) is 3. The van der Waals surface area contributed by atoms with E-state index in [0.29, 0.717) is 0 Å². The third-order valence-corrected chi connectivity index (χ3v) is 6.57. The smallest absolute Gasteiger partial charge is 0.416 e. The summed E-state index contributed by atoms with van der Waals surface area (Å²) in [6.45, 7) is 3.64. The van der Waals surface area contributed by atoms with E-state index < -0.39 is 17.7 Å². The highest BCUT2D eigenvalue weighted by atomic mass is 19.4. The first-order valence-corrected chi connectivity index (χ1v) is 13.2. The van der Waals surface area contributed by atoms with E-state index in [4.69, 9.17) is 5.73 Å². The van der Waals surface area contributed by atoms with Crippen LogP contribution in [0.1, 0.15) is 53.8 Å². The number of carboxylic acids is 1. The number of likely N-dealkylation sites (tertiary alicyclic amines) is 1. The van der Waals surface area contributed by atoms with Crippen LogP contribution < -0.4 is 11.1 Å². The lowest BCUT2D eigenvalue weighted by Crippen LogP contribution is -2.39. The molecule has 0 aliphatic carbocycles. The van der Waals surface area contributed by atoms with Crippen molar-refractivity contribution in [2.24, 2.45) is 5.73 Å². The molecule has 0 radical (unpaired) electrons. The molecule has 42 heavy (non-hydrogen) atoms. The van der Waals surface area contributed by atoms with Gasteiger partial charge in [0.2, 0.25) is 5.95 Å². The number of aromatic carboxylic acids is 1. The number of carbonyl (C=O) groups is 2. The van der Waals surface area contributed by atoms with E-state index in [0.717, 1.165) is 43.6 Å². The molecule has 1 fully saturated rings. The maximum absolute atomic E-state index is 13.2. The summed E-state index contributed by atoms with van der Waals surface area (Å²) in [6, 6.07) is 15.3. The van der Waals surface area contributed by atoms with Crippen molar-refractivity contribution in [1.29, 1.82) is 0 Å². The Hall–Kier alpha value is -4.94. The fourth-order valence-electron chi connectivity index (χ4n) is 4.38. The first kappa shape index (κ1) is 30.0. The number of piperidine rings is 1. The molecule has 2 aromatic heterocycles. The van der Waals surface area contributed by atoms with E-state index in [1.807, 2.05) is 37.3 Å². The standard InChI is InChI=1S/C23H18F3N5O2.C6H12N2O/c1-14(15-6-3-2-4-7-15)28-22-27-11-10-19(30-22)31-13-18(21(32)33)29-20(31)16-8-5-9-17(12-16)23(24,25)26;7-6(9)8-4-2-1-3-5-8/h2-14H,1H3,(H,32,33)(H,27,28,30);1-5H2,(H2,7,9). The van der Waals surface area contributed by atoms with Gasteiger partial charge < -0.3 is 21.1 Å². The lowest BCUT2D eigenvalue weighted by atomic mass is 10.1. The van der Waals surface area contributed by atoms with Gasteiger partial charge in [-0.2, -0.15) is 18.2 Å². The maximum atomic E-state index is 13.2. The SMILES string of the molecule is CC(Nc1nccc(-n2cc(C(=O)O)nc2-c2cccc(C(F)(F)F)c2)n1)c1ccccc1.NC(=O)N1CCCCC1. The number of aromatic nitrogens is 4. The van der Waals surface area contributed by atoms with Gasteiger partial charge in [0.1, 0.15) is 11.6 Å². The number of nitrogens with one attached hydrogen (secondary N) is 1. The summed E-state index contributed by atoms with van der Waals surface area (Å²) in [4.78, 5) is 36.4. The normalized spacial score (nSPS) is 14.0. The number of hydrogen-bond acceptors (Lipinski definition) is 6. The first-order valence-electron chi connectivity index (χ1n) is 13.2. The van der Waals surface area contributed by atoms with Crippen LogP contribution in [-0.4, -0.2) is 54.6 Å². The highest BCUT2D eigenvalue weighted by Crippen LogP contribution is 2.32. The summed E-state index contributed by atoms with van der Waals surface area (Å²) in [5.74, 6) is -0.782. The molecule has 2 aromatic carbocycles. The Bertz CT molecular complexity index is 1520. The van der Waals surface area contributed by atoms with E-state index in [2.05, 4.69) is 20.3 Å². The van der Waals surface area contributed by atoms with Gasteiger partial charge in [0.05, 0.1) is 11.6 Å². The Morgan fingerprint density at radius 3 is 2.33 bits per heavy atom. The zero-order valence-electron chi connectivity index (χ0n) is 22.8. The van der Waals surface area contributed by atoms with Crippen LogP contribution in [0.5, 0.6) is 0 Å². The zero-order chi connectivity index (χ0) is 30.3. The molecule has 3 heterocycles. The van der Waals surface area contributed by atoms with Crippen molar-refractivity contribution in [2.75, 3.05) is 18.4 Å². The van der Waals surface area contributed by atoms with E-state index >= 15 is 0 Å². The van der Waals surface area contributed by atoms with E-state index in [1.165, 1.54) is 41.6 Å². The van der Waals surface area contributed by atoms with Crippen LogP contribution in [0.15, 0.2) is 73.1 Å². The number of benzene rings is 2. The number of rotatable bonds is 6. The van der Waals surface area contributed by atoms with Gasteiger partial charge in [-0.1, -0.05) is 42.5 Å². The molecule has 1 aliphatic heterocycles. The van der Waals surface area contributed by atoms with Gasteiger partial charge >= 0.3 is 18.2 Å². The van der Waals surface area contributed by atoms with E-state index in [1.54, 1.807) is 4.90 Å². The van der Waals surface area contributed by atoms with Crippen molar-refractivity contribution in [3.63, 3.8) is 0 Å². The second kappa shape index (κ2) is 13.1. The van der Waals surface area contributed by atoms with Crippen LogP contribution in [0.4, 0.5) is 23.9 Å². The van der Waals surface area contributed by atoms with Crippen LogP contribution in [0, 0.1) is 0 Å². The van der Waals surface area contributed by atoms with Gasteiger partial charge in [-0.15, -0.1) is 0 Å². The Morgan fingerprint density at radius 1 is 1.00 bits per heavy atom.